The summed E-state index contributed by atoms with van der Waals surface area (Å²) in [5.74, 6) is 0.777. The molecule has 3 aliphatic heterocycles. The Morgan fingerprint density at radius 2 is 1.87 bits per heavy atom. The van der Waals surface area contributed by atoms with Gasteiger partial charge < -0.3 is 15.5 Å². The second-order valence-corrected chi connectivity index (χ2v) is 9.44. The number of carbonyl (C=O) groups excluding carboxylic acids is 1. The average Bonchev–Trinajstić information content (AvgIpc) is 3.47. The average molecular weight is 423 g/mol. The van der Waals surface area contributed by atoms with Gasteiger partial charge in [-0.05, 0) is 69.6 Å². The number of aromatic nitrogens is 1. The summed E-state index contributed by atoms with van der Waals surface area (Å²) in [5, 5.41) is 6.75. The molecule has 1 aliphatic carbocycles. The van der Waals surface area contributed by atoms with Crippen LogP contribution < -0.4 is 10.6 Å². The third-order valence-electron chi connectivity index (χ3n) is 7.38. The summed E-state index contributed by atoms with van der Waals surface area (Å²) in [6.45, 7) is 5.07. The van der Waals surface area contributed by atoms with Crippen LogP contribution in [0.25, 0.3) is 0 Å². The fourth-order valence-electron chi connectivity index (χ4n) is 5.62. The van der Waals surface area contributed by atoms with Crippen molar-refractivity contribution < 1.29 is 4.79 Å². The molecule has 0 bridgehead atoms. The molecule has 2 N–H and O–H groups in total. The Kier molecular flexibility index (Phi) is 5.69. The van der Waals surface area contributed by atoms with Gasteiger partial charge in [0.2, 0.25) is 5.96 Å². The van der Waals surface area contributed by atoms with Crippen LogP contribution in [-0.2, 0) is 0 Å². The lowest BCUT2D eigenvalue weighted by Crippen LogP contribution is -2.54. The fourth-order valence-corrected chi connectivity index (χ4v) is 5.62. The van der Waals surface area contributed by atoms with Gasteiger partial charge in [0.05, 0.1) is 11.9 Å². The van der Waals surface area contributed by atoms with E-state index < -0.39 is 0 Å². The molecule has 1 saturated carbocycles. The molecule has 5 rings (SSSR count). The van der Waals surface area contributed by atoms with E-state index in [-0.39, 0.29) is 11.6 Å². The van der Waals surface area contributed by atoms with E-state index in [1.54, 1.807) is 6.20 Å². The van der Waals surface area contributed by atoms with E-state index in [4.69, 9.17) is 4.99 Å². The molecule has 1 amide bonds. The molecule has 31 heavy (non-hydrogen) atoms. The topological polar surface area (TPSA) is 72.9 Å². The van der Waals surface area contributed by atoms with E-state index in [2.05, 4.69) is 33.6 Å². The van der Waals surface area contributed by atoms with Crippen LogP contribution >= 0.6 is 0 Å². The van der Waals surface area contributed by atoms with Crippen molar-refractivity contribution in [3.05, 3.63) is 35.8 Å². The van der Waals surface area contributed by atoms with Crippen molar-refractivity contribution in [3.63, 3.8) is 0 Å². The summed E-state index contributed by atoms with van der Waals surface area (Å²) in [7, 11) is 0. The number of nitrogens with zero attached hydrogens (tertiary/aromatic N) is 4. The Morgan fingerprint density at radius 3 is 2.61 bits per heavy atom. The molecule has 3 fully saturated rings. The first-order valence-corrected chi connectivity index (χ1v) is 12.0. The van der Waals surface area contributed by atoms with Gasteiger partial charge in [0.25, 0.3) is 5.91 Å². The van der Waals surface area contributed by atoms with Crippen molar-refractivity contribution in [2.75, 3.05) is 25.0 Å². The highest BCUT2D eigenvalue weighted by atomic mass is 16.2. The molecule has 4 aliphatic rings. The maximum Gasteiger partial charge on any atom is 0.272 e. The second-order valence-electron chi connectivity index (χ2n) is 9.44. The number of aliphatic imine (C=N–C) groups is 1. The van der Waals surface area contributed by atoms with Crippen LogP contribution in [0.4, 0.5) is 5.69 Å². The van der Waals surface area contributed by atoms with Crippen LogP contribution in [0.15, 0.2) is 35.1 Å². The van der Waals surface area contributed by atoms with Crippen LogP contribution in [0.5, 0.6) is 0 Å². The monoisotopic (exact) mass is 422 g/mol. The predicted molar refractivity (Wildman–Crippen MR) is 123 cm³/mol. The molecule has 0 aromatic carbocycles. The predicted octanol–water partition coefficient (Wildman–Crippen LogP) is 3.72. The summed E-state index contributed by atoms with van der Waals surface area (Å²) in [4.78, 5) is 26.7. The van der Waals surface area contributed by atoms with Gasteiger partial charge in [-0.1, -0.05) is 12.8 Å². The molecule has 7 heteroatoms. The van der Waals surface area contributed by atoms with Gasteiger partial charge in [-0.2, -0.15) is 0 Å². The maximum atomic E-state index is 12.5. The van der Waals surface area contributed by atoms with Crippen molar-refractivity contribution in [1.82, 2.24) is 20.1 Å². The van der Waals surface area contributed by atoms with E-state index in [0.29, 0.717) is 11.7 Å². The zero-order valence-electron chi connectivity index (χ0n) is 18.6. The zero-order chi connectivity index (χ0) is 21.3. The number of rotatable bonds is 3. The number of nitrogens with one attached hydrogen (secondary N) is 2. The number of hydrogen-bond acceptors (Lipinski definition) is 6. The van der Waals surface area contributed by atoms with Crippen LogP contribution in [-0.4, -0.2) is 58.0 Å². The number of likely N-dealkylation sites (tertiary alicyclic amines) is 2. The van der Waals surface area contributed by atoms with E-state index in [0.717, 1.165) is 50.5 Å². The summed E-state index contributed by atoms with van der Waals surface area (Å²) in [6.07, 6.45) is 14.8. The Balaban J connectivity index is 1.33. The van der Waals surface area contributed by atoms with E-state index in [9.17, 15) is 4.79 Å². The lowest BCUT2D eigenvalue weighted by Gasteiger charge is -2.44. The molecular formula is C24H34N6O. The van der Waals surface area contributed by atoms with Crippen molar-refractivity contribution in [2.45, 2.75) is 76.4 Å². The van der Waals surface area contributed by atoms with Crippen molar-refractivity contribution >= 4 is 17.6 Å². The molecule has 1 unspecified atom stereocenters. The van der Waals surface area contributed by atoms with Crippen molar-refractivity contribution in [3.8, 4) is 0 Å². The molecule has 166 valence electrons. The third-order valence-corrected chi connectivity index (χ3v) is 7.38. The van der Waals surface area contributed by atoms with Gasteiger partial charge >= 0.3 is 0 Å². The summed E-state index contributed by atoms with van der Waals surface area (Å²) >= 11 is 0. The fraction of sp³-hybridized carbons (Fsp3) is 0.625. The molecular weight excluding hydrogens is 388 g/mol. The minimum Gasteiger partial charge on any atom is -0.337 e. The van der Waals surface area contributed by atoms with Gasteiger partial charge in [0, 0.05) is 31.9 Å². The van der Waals surface area contributed by atoms with Crippen LogP contribution in [0.2, 0.25) is 0 Å². The standard InChI is InChI=1S/C24H34N6O/c1-24-18(8-4-5-15-30(24)20-9-2-3-10-20)16-26-23(28-24)27-19-11-12-21(25-17-19)22(31)29-13-6-7-14-29/h11-12,16-17,20H,2-10,13-15H2,1H3,(H2,26,27,28). The highest BCUT2D eigenvalue weighted by Crippen LogP contribution is 2.39. The quantitative estimate of drug-likeness (QED) is 0.777. The van der Waals surface area contributed by atoms with Crippen LogP contribution in [0.1, 0.15) is 75.2 Å². The molecule has 4 heterocycles. The molecule has 2 saturated heterocycles. The summed E-state index contributed by atoms with van der Waals surface area (Å²) in [6, 6.07) is 4.36. The first-order chi connectivity index (χ1) is 15.1. The largest absolute Gasteiger partial charge is 0.337 e. The van der Waals surface area contributed by atoms with Crippen molar-refractivity contribution in [1.29, 1.82) is 0 Å². The Bertz CT molecular complexity index is 867. The zero-order valence-corrected chi connectivity index (χ0v) is 18.6. The lowest BCUT2D eigenvalue weighted by atomic mass is 9.95. The number of pyridine rings is 1. The van der Waals surface area contributed by atoms with Gasteiger partial charge in [-0.25, -0.2) is 9.98 Å². The summed E-state index contributed by atoms with van der Waals surface area (Å²) in [5.41, 5.74) is 2.44. The van der Waals surface area contributed by atoms with Gasteiger partial charge in [0.1, 0.15) is 11.4 Å². The second kappa shape index (κ2) is 8.61. The van der Waals surface area contributed by atoms with E-state index >= 15 is 0 Å². The van der Waals surface area contributed by atoms with Crippen molar-refractivity contribution in [2.24, 2.45) is 4.99 Å². The normalized spacial score (nSPS) is 27.2. The minimum atomic E-state index is -0.293. The first-order valence-electron chi connectivity index (χ1n) is 12.0. The molecule has 7 nitrogen and oxygen atoms in total. The molecule has 1 aromatic heterocycles. The first kappa shape index (κ1) is 20.5. The van der Waals surface area contributed by atoms with Crippen LogP contribution in [0, 0.1) is 0 Å². The lowest BCUT2D eigenvalue weighted by molar-refractivity contribution is 0.0787. The molecule has 0 radical (unpaired) electrons. The Labute approximate surface area is 185 Å². The molecule has 1 aromatic rings. The smallest absolute Gasteiger partial charge is 0.272 e. The Morgan fingerprint density at radius 1 is 1.10 bits per heavy atom. The summed E-state index contributed by atoms with van der Waals surface area (Å²) < 4.78 is 0. The number of carbonyl (C=O) groups is 1. The SMILES string of the molecule is CC12N=C(Nc3ccc(C(=O)N4CCCC4)nc3)NC=C1CCCCN2C1CCCC1. The van der Waals surface area contributed by atoms with Gasteiger partial charge in [-0.15, -0.1) is 0 Å². The highest BCUT2D eigenvalue weighted by molar-refractivity contribution is 5.96. The Hall–Kier alpha value is -2.41. The maximum absolute atomic E-state index is 12.5. The number of hydrogen-bond donors (Lipinski definition) is 2. The van der Waals surface area contributed by atoms with Crippen LogP contribution in [0.3, 0.4) is 0 Å². The van der Waals surface area contributed by atoms with Gasteiger partial charge in [-0.3, -0.25) is 9.69 Å². The van der Waals surface area contributed by atoms with E-state index in [1.807, 2.05) is 17.0 Å². The number of fused-ring (bicyclic) bond motifs is 1. The molecule has 1 atom stereocenters. The molecule has 0 spiro atoms. The number of amides is 1. The number of guanidine groups is 1. The minimum absolute atomic E-state index is 0.0305. The highest BCUT2D eigenvalue weighted by Gasteiger charge is 2.43. The van der Waals surface area contributed by atoms with E-state index in [1.165, 1.54) is 44.1 Å². The third kappa shape index (κ3) is 4.07. The van der Waals surface area contributed by atoms with Gasteiger partial charge in [0.15, 0.2) is 0 Å². The number of anilines is 1.